The number of rotatable bonds is 4. The van der Waals surface area contributed by atoms with Gasteiger partial charge in [0.25, 0.3) is 5.91 Å². The van der Waals surface area contributed by atoms with Crippen molar-refractivity contribution in [2.24, 2.45) is 0 Å². The second-order valence-electron chi connectivity index (χ2n) is 6.09. The van der Waals surface area contributed by atoms with E-state index in [2.05, 4.69) is 0 Å². The molecule has 1 amide bonds. The van der Waals surface area contributed by atoms with Gasteiger partial charge in [0.2, 0.25) is 0 Å². The Morgan fingerprint density at radius 2 is 1.79 bits per heavy atom. The van der Waals surface area contributed by atoms with Gasteiger partial charge in [0.05, 0.1) is 18.7 Å². The first kappa shape index (κ1) is 16.1. The van der Waals surface area contributed by atoms with E-state index in [1.165, 1.54) is 0 Å². The fourth-order valence-corrected chi connectivity index (χ4v) is 2.76. The predicted octanol–water partition coefficient (Wildman–Crippen LogP) is 3.07. The second kappa shape index (κ2) is 6.35. The number of fused-ring (bicyclic) bond motifs is 1. The summed E-state index contributed by atoms with van der Waals surface area (Å²) in [7, 11) is 0. The number of carbonyl (C=O) groups excluding carboxylic acids is 1. The van der Waals surface area contributed by atoms with Crippen molar-refractivity contribution in [1.82, 2.24) is 0 Å². The third kappa shape index (κ3) is 3.25. The normalized spacial score (nSPS) is 16.5. The summed E-state index contributed by atoms with van der Waals surface area (Å²) in [5.74, 6) is -0.831. The Hall–Kier alpha value is -2.82. The number of anilines is 1. The number of amides is 1. The van der Waals surface area contributed by atoms with Crippen molar-refractivity contribution < 1.29 is 19.4 Å². The molecule has 2 aromatic rings. The lowest BCUT2D eigenvalue weighted by molar-refractivity contribution is -0.142. The number of carboxylic acids is 1. The maximum absolute atomic E-state index is 12.7. The third-order valence-electron chi connectivity index (χ3n) is 4.04. The first-order valence-corrected chi connectivity index (χ1v) is 7.80. The van der Waals surface area contributed by atoms with Crippen LogP contribution in [-0.4, -0.2) is 23.1 Å². The number of aliphatic carboxylic acids is 1. The number of nitrogens with zero attached hydrogens (tertiary/aromatic N) is 1. The van der Waals surface area contributed by atoms with E-state index in [0.717, 1.165) is 16.7 Å². The van der Waals surface area contributed by atoms with Gasteiger partial charge < -0.3 is 14.7 Å². The van der Waals surface area contributed by atoms with Gasteiger partial charge in [-0.1, -0.05) is 35.9 Å². The molecule has 0 saturated carbocycles. The Morgan fingerprint density at radius 3 is 2.46 bits per heavy atom. The van der Waals surface area contributed by atoms with Crippen molar-refractivity contribution in [3.8, 4) is 5.75 Å². The summed E-state index contributed by atoms with van der Waals surface area (Å²) in [5, 5.41) is 9.04. The molecule has 1 aliphatic rings. The quantitative estimate of drug-likeness (QED) is 0.938. The van der Waals surface area contributed by atoms with Crippen molar-refractivity contribution in [1.29, 1.82) is 0 Å². The van der Waals surface area contributed by atoms with Gasteiger partial charge in [-0.2, -0.15) is 0 Å². The van der Waals surface area contributed by atoms with E-state index < -0.39 is 12.1 Å². The van der Waals surface area contributed by atoms with Crippen LogP contribution in [0.25, 0.3) is 0 Å². The minimum Gasteiger partial charge on any atom is -0.481 e. The molecule has 5 nitrogen and oxygen atoms in total. The summed E-state index contributed by atoms with van der Waals surface area (Å²) in [6, 6.07) is 13.5. The lowest BCUT2D eigenvalue weighted by Gasteiger charge is -2.34. The molecule has 0 aliphatic carbocycles. The molecule has 0 spiro atoms. The number of benzene rings is 2. The first-order chi connectivity index (χ1) is 11.4. The first-order valence-electron chi connectivity index (χ1n) is 7.80. The molecule has 0 fully saturated rings. The smallest absolute Gasteiger partial charge is 0.307 e. The van der Waals surface area contributed by atoms with Crippen molar-refractivity contribution in [2.45, 2.75) is 32.9 Å². The molecule has 0 bridgehead atoms. The molecule has 0 aromatic heterocycles. The van der Waals surface area contributed by atoms with Crippen LogP contribution in [0.4, 0.5) is 5.69 Å². The van der Waals surface area contributed by atoms with Crippen LogP contribution in [0.15, 0.2) is 42.5 Å². The molecular formula is C19H19NO4. The van der Waals surface area contributed by atoms with Gasteiger partial charge in [-0.15, -0.1) is 0 Å². The van der Waals surface area contributed by atoms with E-state index >= 15 is 0 Å². The fraction of sp³-hybridized carbons (Fsp3) is 0.263. The Morgan fingerprint density at radius 1 is 1.12 bits per heavy atom. The summed E-state index contributed by atoms with van der Waals surface area (Å²) < 4.78 is 5.65. The van der Waals surface area contributed by atoms with Crippen LogP contribution in [0.1, 0.15) is 23.1 Å². The summed E-state index contributed by atoms with van der Waals surface area (Å²) in [5.41, 5.74) is 3.79. The van der Waals surface area contributed by atoms with E-state index in [1.54, 1.807) is 4.90 Å². The fourth-order valence-electron chi connectivity index (χ4n) is 2.76. The predicted molar refractivity (Wildman–Crippen MR) is 90.2 cm³/mol. The Bertz CT molecular complexity index is 782. The van der Waals surface area contributed by atoms with Crippen LogP contribution in [-0.2, 0) is 16.1 Å². The molecule has 1 aliphatic heterocycles. The van der Waals surface area contributed by atoms with Gasteiger partial charge in [0.15, 0.2) is 6.10 Å². The summed E-state index contributed by atoms with van der Waals surface area (Å²) in [4.78, 5) is 25.4. The molecule has 2 aromatic carbocycles. The largest absolute Gasteiger partial charge is 0.481 e. The second-order valence-corrected chi connectivity index (χ2v) is 6.09. The number of carbonyl (C=O) groups is 2. The van der Waals surface area contributed by atoms with Gasteiger partial charge in [-0.25, -0.2) is 0 Å². The maximum Gasteiger partial charge on any atom is 0.307 e. The number of carboxylic acid groups (broad SMARTS) is 1. The van der Waals surface area contributed by atoms with E-state index in [1.807, 2.05) is 56.3 Å². The number of hydrogen-bond donors (Lipinski definition) is 1. The van der Waals surface area contributed by atoms with Crippen LogP contribution >= 0.6 is 0 Å². The molecule has 1 heterocycles. The maximum atomic E-state index is 12.7. The molecule has 124 valence electrons. The topological polar surface area (TPSA) is 66.8 Å². The Kier molecular flexibility index (Phi) is 4.25. The summed E-state index contributed by atoms with van der Waals surface area (Å²) >= 11 is 0. The lowest BCUT2D eigenvalue weighted by atomic mass is 10.1. The van der Waals surface area contributed by atoms with Crippen LogP contribution < -0.4 is 9.64 Å². The minimum absolute atomic E-state index is 0.325. The highest BCUT2D eigenvalue weighted by Crippen LogP contribution is 2.36. The number of aryl methyl sites for hydroxylation is 2. The zero-order valence-electron chi connectivity index (χ0n) is 13.7. The molecule has 24 heavy (non-hydrogen) atoms. The summed E-state index contributed by atoms with van der Waals surface area (Å²) in [6.45, 7) is 4.32. The standard InChI is InChI=1S/C19H19NO4/c1-12-3-6-14(7-4-12)11-20-15-8-5-13(2)9-16(15)24-17(19(20)23)10-18(21)22/h3-9,17H,10-11H2,1-2H3,(H,21,22). The van der Waals surface area contributed by atoms with Crippen LogP contribution in [0.2, 0.25) is 0 Å². The highest BCUT2D eigenvalue weighted by Gasteiger charge is 2.35. The molecule has 1 unspecified atom stereocenters. The van der Waals surface area contributed by atoms with Crippen molar-refractivity contribution in [3.63, 3.8) is 0 Å². The zero-order valence-corrected chi connectivity index (χ0v) is 13.7. The molecule has 5 heteroatoms. The van der Waals surface area contributed by atoms with Crippen molar-refractivity contribution >= 4 is 17.6 Å². The Labute approximate surface area is 140 Å². The molecule has 0 saturated heterocycles. The van der Waals surface area contributed by atoms with Crippen molar-refractivity contribution in [3.05, 3.63) is 59.2 Å². The van der Waals surface area contributed by atoms with Gasteiger partial charge in [0.1, 0.15) is 5.75 Å². The van der Waals surface area contributed by atoms with E-state index in [4.69, 9.17) is 9.84 Å². The molecule has 3 rings (SSSR count). The van der Waals surface area contributed by atoms with E-state index in [9.17, 15) is 9.59 Å². The number of ether oxygens (including phenoxy) is 1. The Balaban J connectivity index is 1.96. The van der Waals surface area contributed by atoms with Gasteiger partial charge in [-0.05, 0) is 37.1 Å². The minimum atomic E-state index is -1.06. The van der Waals surface area contributed by atoms with Crippen molar-refractivity contribution in [2.75, 3.05) is 4.90 Å². The van der Waals surface area contributed by atoms with Crippen LogP contribution in [0.3, 0.4) is 0 Å². The SMILES string of the molecule is Cc1ccc(CN2C(=O)C(CC(=O)O)Oc3cc(C)ccc32)cc1. The van der Waals surface area contributed by atoms with Gasteiger partial charge >= 0.3 is 5.97 Å². The van der Waals surface area contributed by atoms with E-state index in [-0.39, 0.29) is 12.3 Å². The monoisotopic (exact) mass is 325 g/mol. The number of hydrogen-bond acceptors (Lipinski definition) is 3. The van der Waals surface area contributed by atoms with Gasteiger partial charge in [0, 0.05) is 0 Å². The molecule has 1 N–H and O–H groups in total. The van der Waals surface area contributed by atoms with Crippen LogP contribution in [0, 0.1) is 13.8 Å². The average Bonchev–Trinajstić information content (AvgIpc) is 2.52. The molecule has 1 atom stereocenters. The summed E-state index contributed by atoms with van der Waals surface area (Å²) in [6.07, 6.45) is -1.35. The van der Waals surface area contributed by atoms with Crippen LogP contribution in [0.5, 0.6) is 5.75 Å². The zero-order chi connectivity index (χ0) is 17.3. The molecular weight excluding hydrogens is 306 g/mol. The van der Waals surface area contributed by atoms with Gasteiger partial charge in [-0.3, -0.25) is 9.59 Å². The highest BCUT2D eigenvalue weighted by atomic mass is 16.5. The third-order valence-corrected chi connectivity index (χ3v) is 4.04. The lowest BCUT2D eigenvalue weighted by Crippen LogP contribution is -2.46. The van der Waals surface area contributed by atoms with E-state index in [0.29, 0.717) is 18.0 Å². The highest BCUT2D eigenvalue weighted by molar-refractivity contribution is 6.01. The average molecular weight is 325 g/mol. The molecule has 0 radical (unpaired) electrons.